The maximum absolute atomic E-state index is 13.7. The molecule has 3 rings (SSSR count). The third-order valence-electron chi connectivity index (χ3n) is 2.50. The normalized spacial score (nSPS) is 10.9. The molecule has 0 aliphatic rings. The smallest absolute Gasteiger partial charge is 0.277 e. The fourth-order valence-corrected chi connectivity index (χ4v) is 3.27. The second-order valence-electron chi connectivity index (χ2n) is 3.87. The molecule has 0 aliphatic heterocycles. The van der Waals surface area contributed by atoms with Crippen molar-refractivity contribution in [1.29, 1.82) is 0 Å². The molecular weight excluding hydrogens is 363 g/mol. The molecule has 0 radical (unpaired) electrons. The fourth-order valence-electron chi connectivity index (χ4n) is 1.55. The number of nitrogens with zero attached hydrogens (tertiary/aromatic N) is 2. The lowest BCUT2D eigenvalue weighted by atomic mass is 10.2. The zero-order chi connectivity index (χ0) is 13.9. The molecule has 0 spiro atoms. The van der Waals surface area contributed by atoms with Gasteiger partial charge in [0, 0.05) is 10.2 Å². The van der Waals surface area contributed by atoms with Crippen LogP contribution in [0.15, 0.2) is 49.8 Å². The van der Waals surface area contributed by atoms with Crippen molar-refractivity contribution in [2.24, 2.45) is 0 Å². The monoisotopic (exact) mass is 370 g/mol. The Kier molecular flexibility index (Phi) is 4.18. The van der Waals surface area contributed by atoms with Gasteiger partial charge in [0.15, 0.2) is 0 Å². The van der Waals surface area contributed by atoms with E-state index in [4.69, 9.17) is 4.42 Å². The maximum atomic E-state index is 13.7. The van der Waals surface area contributed by atoms with E-state index >= 15 is 0 Å². The van der Waals surface area contributed by atoms with Crippen LogP contribution in [0.4, 0.5) is 4.39 Å². The molecule has 0 saturated carbocycles. The Balaban J connectivity index is 1.70. The van der Waals surface area contributed by atoms with Crippen LogP contribution < -0.4 is 0 Å². The molecule has 0 atom stereocenters. The first-order chi connectivity index (χ1) is 9.72. The summed E-state index contributed by atoms with van der Waals surface area (Å²) in [7, 11) is 0. The highest BCUT2D eigenvalue weighted by atomic mass is 79.9. The summed E-state index contributed by atoms with van der Waals surface area (Å²) in [6.45, 7) is 0. The van der Waals surface area contributed by atoms with Gasteiger partial charge in [-0.25, -0.2) is 4.39 Å². The number of hydrogen-bond donors (Lipinski definition) is 0. The number of rotatable bonds is 4. The molecule has 2 heterocycles. The van der Waals surface area contributed by atoms with Crippen LogP contribution in [0.25, 0.3) is 10.8 Å². The van der Waals surface area contributed by atoms with Crippen LogP contribution in [-0.4, -0.2) is 10.2 Å². The maximum Gasteiger partial charge on any atom is 0.277 e. The van der Waals surface area contributed by atoms with Gasteiger partial charge in [-0.1, -0.05) is 39.8 Å². The minimum Gasteiger partial charge on any atom is -0.410 e. The van der Waals surface area contributed by atoms with Crippen molar-refractivity contribution in [1.82, 2.24) is 10.2 Å². The Hall–Kier alpha value is -1.18. The Bertz CT molecular complexity index is 715. The number of aromatic nitrogens is 2. The molecule has 3 aromatic rings. The minimum absolute atomic E-state index is 0.245. The molecule has 0 saturated heterocycles. The highest BCUT2D eigenvalue weighted by Crippen LogP contribution is 2.29. The molecule has 0 amide bonds. The minimum atomic E-state index is -0.245. The zero-order valence-corrected chi connectivity index (χ0v) is 13.3. The largest absolute Gasteiger partial charge is 0.410 e. The molecule has 2 aromatic heterocycles. The van der Waals surface area contributed by atoms with E-state index < -0.39 is 0 Å². The fraction of sp³-hybridized carbons (Fsp3) is 0.0769. The van der Waals surface area contributed by atoms with Gasteiger partial charge in [-0.2, -0.15) is 0 Å². The van der Waals surface area contributed by atoms with Gasteiger partial charge in [-0.05, 0) is 29.1 Å². The molecule has 7 heteroatoms. The van der Waals surface area contributed by atoms with Gasteiger partial charge in [0.25, 0.3) is 11.1 Å². The van der Waals surface area contributed by atoms with Crippen molar-refractivity contribution in [3.8, 4) is 10.8 Å². The predicted molar refractivity (Wildman–Crippen MR) is 81.3 cm³/mol. The topological polar surface area (TPSA) is 38.9 Å². The highest BCUT2D eigenvalue weighted by molar-refractivity contribution is 9.10. The van der Waals surface area contributed by atoms with Crippen LogP contribution in [0.2, 0.25) is 0 Å². The molecule has 3 nitrogen and oxygen atoms in total. The van der Waals surface area contributed by atoms with E-state index in [1.807, 2.05) is 23.6 Å². The van der Waals surface area contributed by atoms with Crippen LogP contribution in [0.1, 0.15) is 5.56 Å². The molecule has 0 unspecified atom stereocenters. The summed E-state index contributed by atoms with van der Waals surface area (Å²) in [4.78, 5) is 0.930. The number of halogens is 2. The molecule has 0 N–H and O–H groups in total. The van der Waals surface area contributed by atoms with Crippen molar-refractivity contribution < 1.29 is 8.81 Å². The first kappa shape index (κ1) is 13.8. The second-order valence-corrected chi connectivity index (χ2v) is 6.66. The summed E-state index contributed by atoms with van der Waals surface area (Å²) in [6.07, 6.45) is 0. The van der Waals surface area contributed by atoms with Crippen LogP contribution in [-0.2, 0) is 5.75 Å². The lowest BCUT2D eigenvalue weighted by molar-refractivity contribution is 0.466. The van der Waals surface area contributed by atoms with Crippen molar-refractivity contribution in [2.45, 2.75) is 11.0 Å². The highest BCUT2D eigenvalue weighted by Gasteiger charge is 2.11. The predicted octanol–water partition coefficient (Wildman–Crippen LogP) is 4.99. The van der Waals surface area contributed by atoms with E-state index in [2.05, 4.69) is 26.1 Å². The van der Waals surface area contributed by atoms with Gasteiger partial charge in [-0.15, -0.1) is 21.5 Å². The summed E-state index contributed by atoms with van der Waals surface area (Å²) in [5.74, 6) is 0.703. The first-order valence-corrected chi connectivity index (χ1v) is 8.32. The summed E-state index contributed by atoms with van der Waals surface area (Å²) >= 11 is 6.09. The average molecular weight is 371 g/mol. The molecule has 0 fully saturated rings. The summed E-state index contributed by atoms with van der Waals surface area (Å²) in [5, 5.41) is 10.3. The Morgan fingerprint density at radius 3 is 2.95 bits per heavy atom. The molecule has 20 heavy (non-hydrogen) atoms. The standard InChI is InChI=1S/C13H8BrFN2OS2/c14-9-4-3-8(10(15)6-9)7-20-13-17-16-12(18-13)11-2-1-5-19-11/h1-6H,7H2. The van der Waals surface area contributed by atoms with E-state index in [0.717, 1.165) is 9.35 Å². The summed E-state index contributed by atoms with van der Waals surface area (Å²) in [6, 6.07) is 8.84. The third kappa shape index (κ3) is 3.11. The number of thioether (sulfide) groups is 1. The third-order valence-corrected chi connectivity index (χ3v) is 4.72. The van der Waals surface area contributed by atoms with Crippen molar-refractivity contribution in [3.05, 3.63) is 51.6 Å². The molecule has 1 aromatic carbocycles. The van der Waals surface area contributed by atoms with Crippen molar-refractivity contribution in [2.75, 3.05) is 0 Å². The Morgan fingerprint density at radius 1 is 1.30 bits per heavy atom. The van der Waals surface area contributed by atoms with Gasteiger partial charge >= 0.3 is 0 Å². The van der Waals surface area contributed by atoms with Gasteiger partial charge in [0.2, 0.25) is 0 Å². The van der Waals surface area contributed by atoms with Crippen LogP contribution in [0, 0.1) is 5.82 Å². The SMILES string of the molecule is Fc1cc(Br)ccc1CSc1nnc(-c2cccs2)o1. The average Bonchev–Trinajstić information content (AvgIpc) is 3.08. The van der Waals surface area contributed by atoms with Crippen molar-refractivity contribution in [3.63, 3.8) is 0 Å². The molecule has 0 aliphatic carbocycles. The number of hydrogen-bond acceptors (Lipinski definition) is 5. The van der Waals surface area contributed by atoms with Crippen LogP contribution >= 0.6 is 39.0 Å². The quantitative estimate of drug-likeness (QED) is 0.606. The van der Waals surface area contributed by atoms with E-state index in [1.54, 1.807) is 6.07 Å². The van der Waals surface area contributed by atoms with E-state index in [-0.39, 0.29) is 5.82 Å². The lowest BCUT2D eigenvalue weighted by Gasteiger charge is -2.00. The number of benzene rings is 1. The second kappa shape index (κ2) is 6.07. The Labute approximate surface area is 131 Å². The lowest BCUT2D eigenvalue weighted by Crippen LogP contribution is -1.87. The van der Waals surface area contributed by atoms with Gasteiger partial charge in [0.05, 0.1) is 4.88 Å². The first-order valence-electron chi connectivity index (χ1n) is 5.66. The van der Waals surface area contributed by atoms with Gasteiger partial charge in [0.1, 0.15) is 5.82 Å². The zero-order valence-electron chi connectivity index (χ0n) is 10.0. The molecule has 0 bridgehead atoms. The van der Waals surface area contributed by atoms with E-state index in [9.17, 15) is 4.39 Å². The molecule has 102 valence electrons. The summed E-state index contributed by atoms with van der Waals surface area (Å²) in [5.41, 5.74) is 0.606. The Morgan fingerprint density at radius 2 is 2.20 bits per heavy atom. The molecular formula is C13H8BrFN2OS2. The van der Waals surface area contributed by atoms with Crippen LogP contribution in [0.5, 0.6) is 0 Å². The van der Waals surface area contributed by atoms with Crippen molar-refractivity contribution >= 4 is 39.0 Å². The van der Waals surface area contributed by atoms with Crippen LogP contribution in [0.3, 0.4) is 0 Å². The van der Waals surface area contributed by atoms with E-state index in [0.29, 0.717) is 22.4 Å². The van der Waals surface area contributed by atoms with Gasteiger partial charge < -0.3 is 4.42 Å². The van der Waals surface area contributed by atoms with Gasteiger partial charge in [-0.3, -0.25) is 0 Å². The van der Waals surface area contributed by atoms with E-state index in [1.165, 1.54) is 29.2 Å². The summed E-state index contributed by atoms with van der Waals surface area (Å²) < 4.78 is 19.9. The number of thiophene rings is 1.